The summed E-state index contributed by atoms with van der Waals surface area (Å²) in [5.41, 5.74) is 2.30. The zero-order valence-corrected chi connectivity index (χ0v) is 20.7. The molecule has 1 aliphatic rings. The van der Waals surface area contributed by atoms with E-state index in [2.05, 4.69) is 5.32 Å². The minimum Gasteiger partial charge on any atom is -0.484 e. The van der Waals surface area contributed by atoms with E-state index < -0.39 is 11.9 Å². The van der Waals surface area contributed by atoms with Crippen LogP contribution in [0.4, 0.5) is 4.39 Å². The molecule has 36 heavy (non-hydrogen) atoms. The summed E-state index contributed by atoms with van der Waals surface area (Å²) in [6.07, 6.45) is 4.35. The molecule has 188 valence electrons. The normalized spacial score (nSPS) is 14.3. The molecular formula is C30H33FN2O3. The van der Waals surface area contributed by atoms with E-state index >= 15 is 0 Å². The Labute approximate surface area is 212 Å². The molecule has 0 bridgehead atoms. The van der Waals surface area contributed by atoms with Crippen molar-refractivity contribution in [3.05, 3.63) is 101 Å². The third-order valence-electron chi connectivity index (χ3n) is 6.62. The van der Waals surface area contributed by atoms with E-state index in [0.717, 1.165) is 36.8 Å². The lowest BCUT2D eigenvalue weighted by molar-refractivity contribution is -0.143. The van der Waals surface area contributed by atoms with Gasteiger partial charge in [-0.25, -0.2) is 4.39 Å². The molecule has 6 heteroatoms. The Morgan fingerprint density at radius 2 is 1.72 bits per heavy atom. The molecule has 1 fully saturated rings. The third-order valence-corrected chi connectivity index (χ3v) is 6.62. The smallest absolute Gasteiger partial charge is 0.261 e. The van der Waals surface area contributed by atoms with Crippen LogP contribution in [0.15, 0.2) is 78.9 Å². The predicted molar refractivity (Wildman–Crippen MR) is 138 cm³/mol. The van der Waals surface area contributed by atoms with Crippen LogP contribution in [0.5, 0.6) is 5.75 Å². The fourth-order valence-corrected chi connectivity index (χ4v) is 4.66. The van der Waals surface area contributed by atoms with Gasteiger partial charge in [-0.1, -0.05) is 73.5 Å². The molecule has 1 atom stereocenters. The summed E-state index contributed by atoms with van der Waals surface area (Å²) < 4.78 is 20.5. The van der Waals surface area contributed by atoms with Gasteiger partial charge in [-0.05, 0) is 49.1 Å². The second-order valence-electron chi connectivity index (χ2n) is 9.41. The van der Waals surface area contributed by atoms with Gasteiger partial charge in [0.1, 0.15) is 17.6 Å². The lowest BCUT2D eigenvalue weighted by Gasteiger charge is -2.32. The van der Waals surface area contributed by atoms with Crippen molar-refractivity contribution in [3.8, 4) is 5.75 Å². The molecule has 1 unspecified atom stereocenters. The maximum Gasteiger partial charge on any atom is 0.261 e. The number of benzene rings is 3. The highest BCUT2D eigenvalue weighted by Gasteiger charge is 2.32. The van der Waals surface area contributed by atoms with Crippen molar-refractivity contribution < 1.29 is 18.7 Å². The van der Waals surface area contributed by atoms with E-state index in [1.807, 2.05) is 55.5 Å². The zero-order valence-electron chi connectivity index (χ0n) is 20.7. The Morgan fingerprint density at radius 1 is 1.00 bits per heavy atom. The van der Waals surface area contributed by atoms with Gasteiger partial charge in [0.15, 0.2) is 6.61 Å². The maximum absolute atomic E-state index is 14.7. The number of ether oxygens (including phenoxy) is 1. The third kappa shape index (κ3) is 6.94. The summed E-state index contributed by atoms with van der Waals surface area (Å²) in [6, 6.07) is 22.7. The first-order chi connectivity index (χ1) is 17.5. The highest BCUT2D eigenvalue weighted by atomic mass is 19.1. The molecule has 3 aromatic rings. The number of nitrogens with one attached hydrogen (secondary N) is 1. The number of hydrogen-bond donors (Lipinski definition) is 1. The van der Waals surface area contributed by atoms with Crippen LogP contribution in [0.25, 0.3) is 0 Å². The fourth-order valence-electron chi connectivity index (χ4n) is 4.66. The molecule has 5 nitrogen and oxygen atoms in total. The lowest BCUT2D eigenvalue weighted by Crippen LogP contribution is -2.53. The van der Waals surface area contributed by atoms with Gasteiger partial charge in [-0.3, -0.25) is 9.59 Å². The number of carbonyl (C=O) groups excluding carboxylic acids is 2. The first-order valence-corrected chi connectivity index (χ1v) is 12.6. The summed E-state index contributed by atoms with van der Waals surface area (Å²) in [5.74, 6) is -0.429. The summed E-state index contributed by atoms with van der Waals surface area (Å²) in [6.45, 7) is 1.67. The maximum atomic E-state index is 14.7. The van der Waals surface area contributed by atoms with Gasteiger partial charge in [0.25, 0.3) is 5.91 Å². The number of amides is 2. The van der Waals surface area contributed by atoms with Crippen LogP contribution in [0.1, 0.15) is 42.4 Å². The minimum atomic E-state index is -0.804. The number of carbonyl (C=O) groups is 2. The van der Waals surface area contributed by atoms with Gasteiger partial charge in [0.05, 0.1) is 0 Å². The van der Waals surface area contributed by atoms with E-state index in [0.29, 0.717) is 17.7 Å². The van der Waals surface area contributed by atoms with E-state index in [-0.39, 0.29) is 31.0 Å². The Bertz CT molecular complexity index is 1160. The van der Waals surface area contributed by atoms with Crippen LogP contribution in [0.2, 0.25) is 0 Å². The molecule has 2 amide bonds. The Morgan fingerprint density at radius 3 is 2.44 bits per heavy atom. The van der Waals surface area contributed by atoms with E-state index in [1.54, 1.807) is 24.3 Å². The monoisotopic (exact) mass is 488 g/mol. The fraction of sp³-hybridized carbons (Fsp3) is 0.333. The SMILES string of the molecule is Cc1cccc(OCC(=O)N(Cc2ccccc2F)C(Cc2ccccc2)C(=O)NC2CCCC2)c1. The van der Waals surface area contributed by atoms with Crippen molar-refractivity contribution in [1.29, 1.82) is 0 Å². The largest absolute Gasteiger partial charge is 0.484 e. The first-order valence-electron chi connectivity index (χ1n) is 12.6. The number of nitrogens with zero attached hydrogens (tertiary/aromatic N) is 1. The molecule has 0 aliphatic heterocycles. The van der Waals surface area contributed by atoms with Crippen LogP contribution in [0, 0.1) is 12.7 Å². The standard InChI is InChI=1S/C30H33FN2O3/c1-22-10-9-16-26(18-22)36-21-29(34)33(20-24-13-5-8-17-27(24)31)28(19-23-11-3-2-4-12-23)30(35)32-25-14-6-7-15-25/h2-5,8-13,16-18,25,28H,6-7,14-15,19-21H2,1H3,(H,32,35). The van der Waals surface area contributed by atoms with Crippen LogP contribution in [0.3, 0.4) is 0 Å². The lowest BCUT2D eigenvalue weighted by atomic mass is 10.0. The number of halogens is 1. The molecule has 1 N–H and O–H groups in total. The average Bonchev–Trinajstić information content (AvgIpc) is 3.39. The Kier molecular flexibility index (Phi) is 8.71. The molecular weight excluding hydrogens is 455 g/mol. The van der Waals surface area contributed by atoms with Crippen molar-refractivity contribution >= 4 is 11.8 Å². The summed E-state index contributed by atoms with van der Waals surface area (Å²) >= 11 is 0. The van der Waals surface area contributed by atoms with Gasteiger partial charge in [-0.15, -0.1) is 0 Å². The van der Waals surface area contributed by atoms with E-state index in [9.17, 15) is 14.0 Å². The van der Waals surface area contributed by atoms with Gasteiger partial charge in [-0.2, -0.15) is 0 Å². The second-order valence-corrected chi connectivity index (χ2v) is 9.41. The number of hydrogen-bond acceptors (Lipinski definition) is 3. The molecule has 1 aliphatic carbocycles. The van der Waals surface area contributed by atoms with Crippen LogP contribution >= 0.6 is 0 Å². The molecule has 0 spiro atoms. The quantitative estimate of drug-likeness (QED) is 0.426. The molecule has 4 rings (SSSR count). The van der Waals surface area contributed by atoms with Crippen LogP contribution in [-0.4, -0.2) is 35.4 Å². The summed E-state index contributed by atoms with van der Waals surface area (Å²) in [4.78, 5) is 28.7. The zero-order chi connectivity index (χ0) is 25.3. The number of aryl methyl sites for hydroxylation is 1. The molecule has 0 saturated heterocycles. The Hall–Kier alpha value is -3.67. The van der Waals surface area contributed by atoms with Crippen LogP contribution < -0.4 is 10.1 Å². The van der Waals surface area contributed by atoms with Gasteiger partial charge >= 0.3 is 0 Å². The molecule has 1 saturated carbocycles. The van der Waals surface area contributed by atoms with Crippen LogP contribution in [-0.2, 0) is 22.6 Å². The Balaban J connectivity index is 1.62. The number of rotatable bonds is 10. The van der Waals surface area contributed by atoms with Gasteiger partial charge in [0, 0.05) is 24.6 Å². The first kappa shape index (κ1) is 25.4. The van der Waals surface area contributed by atoms with Crippen molar-refractivity contribution in [2.45, 2.75) is 57.7 Å². The molecule has 0 radical (unpaired) electrons. The molecule has 0 heterocycles. The summed E-state index contributed by atoms with van der Waals surface area (Å²) in [5, 5.41) is 3.15. The topological polar surface area (TPSA) is 58.6 Å². The highest BCUT2D eigenvalue weighted by molar-refractivity contribution is 5.88. The minimum absolute atomic E-state index is 0.0295. The van der Waals surface area contributed by atoms with Crippen molar-refractivity contribution in [2.24, 2.45) is 0 Å². The van der Waals surface area contributed by atoms with Crippen molar-refractivity contribution in [1.82, 2.24) is 10.2 Å². The van der Waals surface area contributed by atoms with Crippen molar-refractivity contribution in [3.63, 3.8) is 0 Å². The highest BCUT2D eigenvalue weighted by Crippen LogP contribution is 2.21. The average molecular weight is 489 g/mol. The van der Waals surface area contributed by atoms with Gasteiger partial charge < -0.3 is 15.0 Å². The van der Waals surface area contributed by atoms with E-state index in [1.165, 1.54) is 11.0 Å². The molecule has 3 aromatic carbocycles. The second kappa shape index (κ2) is 12.3. The van der Waals surface area contributed by atoms with E-state index in [4.69, 9.17) is 4.74 Å². The van der Waals surface area contributed by atoms with Gasteiger partial charge in [0.2, 0.25) is 5.91 Å². The summed E-state index contributed by atoms with van der Waals surface area (Å²) in [7, 11) is 0. The van der Waals surface area contributed by atoms with Crippen molar-refractivity contribution in [2.75, 3.05) is 6.61 Å². The predicted octanol–water partition coefficient (Wildman–Crippen LogP) is 5.21. The molecule has 0 aromatic heterocycles.